The largest absolute Gasteiger partial charge is 0.348 e. The van der Waals surface area contributed by atoms with Crippen LogP contribution in [0.1, 0.15) is 24.1 Å². The topological polar surface area (TPSA) is 55.1 Å². The number of benzene rings is 2. The second-order valence-corrected chi connectivity index (χ2v) is 6.00. The van der Waals surface area contributed by atoms with Gasteiger partial charge in [-0.3, -0.25) is 4.79 Å². The molecule has 2 atom stereocenters. The monoisotopic (exact) mass is 346 g/mol. The van der Waals surface area contributed by atoms with Crippen molar-refractivity contribution in [2.24, 2.45) is 5.73 Å². The Labute approximate surface area is 133 Å². The van der Waals surface area contributed by atoms with Crippen molar-refractivity contribution in [3.63, 3.8) is 0 Å². The number of amides is 1. The number of halogens is 1. The van der Waals surface area contributed by atoms with Crippen LogP contribution in [-0.4, -0.2) is 11.9 Å². The molecule has 0 aromatic heterocycles. The molecule has 2 rings (SSSR count). The van der Waals surface area contributed by atoms with Crippen LogP contribution in [0.15, 0.2) is 59.1 Å². The Morgan fingerprint density at radius 2 is 1.90 bits per heavy atom. The molecular weight excluding hydrogens is 328 g/mol. The van der Waals surface area contributed by atoms with Crippen molar-refractivity contribution in [3.8, 4) is 0 Å². The molecule has 0 aliphatic heterocycles. The zero-order chi connectivity index (χ0) is 15.2. The lowest BCUT2D eigenvalue weighted by Gasteiger charge is -2.18. The average Bonchev–Trinajstić information content (AvgIpc) is 2.48. The molecule has 1 unspecified atom stereocenters. The average molecular weight is 347 g/mol. The van der Waals surface area contributed by atoms with Crippen molar-refractivity contribution in [1.82, 2.24) is 5.32 Å². The van der Waals surface area contributed by atoms with E-state index in [0.717, 1.165) is 15.6 Å². The summed E-state index contributed by atoms with van der Waals surface area (Å²) in [7, 11) is 0. The summed E-state index contributed by atoms with van der Waals surface area (Å²) >= 11 is 3.43. The van der Waals surface area contributed by atoms with Gasteiger partial charge in [-0.05, 0) is 36.6 Å². The van der Waals surface area contributed by atoms with Crippen LogP contribution in [0.3, 0.4) is 0 Å². The molecule has 21 heavy (non-hydrogen) atoms. The van der Waals surface area contributed by atoms with E-state index >= 15 is 0 Å². The Morgan fingerprint density at radius 3 is 2.57 bits per heavy atom. The van der Waals surface area contributed by atoms with E-state index in [1.165, 1.54) is 0 Å². The van der Waals surface area contributed by atoms with E-state index in [1.54, 1.807) is 0 Å². The third-order valence-electron chi connectivity index (χ3n) is 3.34. The fourth-order valence-corrected chi connectivity index (χ4v) is 2.56. The highest BCUT2D eigenvalue weighted by molar-refractivity contribution is 9.10. The third kappa shape index (κ3) is 4.69. The van der Waals surface area contributed by atoms with Crippen LogP contribution in [0.4, 0.5) is 0 Å². The van der Waals surface area contributed by atoms with Gasteiger partial charge < -0.3 is 11.1 Å². The molecule has 2 aromatic carbocycles. The summed E-state index contributed by atoms with van der Waals surface area (Å²) in [6.07, 6.45) is 0.540. The number of rotatable bonds is 5. The summed E-state index contributed by atoms with van der Waals surface area (Å²) < 4.78 is 0.995. The second kappa shape index (κ2) is 7.38. The summed E-state index contributed by atoms with van der Waals surface area (Å²) in [6, 6.07) is 17.1. The lowest BCUT2D eigenvalue weighted by molar-refractivity contribution is -0.123. The quantitative estimate of drug-likeness (QED) is 0.873. The van der Waals surface area contributed by atoms with Crippen LogP contribution in [0.25, 0.3) is 0 Å². The smallest absolute Gasteiger partial charge is 0.237 e. The second-order valence-electron chi connectivity index (χ2n) is 5.08. The Bertz CT molecular complexity index is 601. The van der Waals surface area contributed by atoms with Gasteiger partial charge in [0.05, 0.1) is 12.1 Å². The molecule has 0 aliphatic carbocycles. The van der Waals surface area contributed by atoms with Gasteiger partial charge in [0.25, 0.3) is 0 Å². The third-order valence-corrected chi connectivity index (χ3v) is 3.84. The Kier molecular flexibility index (Phi) is 5.53. The number of carbonyl (C=O) groups excluding carboxylic acids is 1. The van der Waals surface area contributed by atoms with Gasteiger partial charge >= 0.3 is 0 Å². The van der Waals surface area contributed by atoms with Gasteiger partial charge in [0, 0.05) is 4.47 Å². The first-order chi connectivity index (χ1) is 10.1. The van der Waals surface area contributed by atoms with Crippen molar-refractivity contribution in [3.05, 3.63) is 70.2 Å². The van der Waals surface area contributed by atoms with Gasteiger partial charge in [-0.1, -0.05) is 58.4 Å². The predicted octanol–water partition coefficient (Wildman–Crippen LogP) is 3.20. The molecule has 0 heterocycles. The zero-order valence-corrected chi connectivity index (χ0v) is 13.5. The lowest BCUT2D eigenvalue weighted by Crippen LogP contribution is -2.42. The maximum absolute atomic E-state index is 12.2. The SMILES string of the molecule is C[C@H](NC(=O)C(N)Cc1ccccc1)c1cccc(Br)c1. The van der Waals surface area contributed by atoms with E-state index < -0.39 is 6.04 Å². The molecule has 1 amide bonds. The van der Waals surface area contributed by atoms with E-state index in [2.05, 4.69) is 21.2 Å². The first-order valence-electron chi connectivity index (χ1n) is 6.91. The number of hydrogen-bond acceptors (Lipinski definition) is 2. The molecule has 0 aliphatic rings. The van der Waals surface area contributed by atoms with Gasteiger partial charge in [0.1, 0.15) is 0 Å². The molecule has 0 fully saturated rings. The summed E-state index contributed by atoms with van der Waals surface area (Å²) in [4.78, 5) is 12.2. The van der Waals surface area contributed by atoms with E-state index in [0.29, 0.717) is 6.42 Å². The Morgan fingerprint density at radius 1 is 1.19 bits per heavy atom. The van der Waals surface area contributed by atoms with Crippen molar-refractivity contribution in [1.29, 1.82) is 0 Å². The molecule has 0 saturated heterocycles. The molecule has 0 spiro atoms. The predicted molar refractivity (Wildman–Crippen MR) is 88.8 cm³/mol. The number of nitrogens with two attached hydrogens (primary N) is 1. The van der Waals surface area contributed by atoms with Crippen molar-refractivity contribution >= 4 is 21.8 Å². The number of nitrogens with one attached hydrogen (secondary N) is 1. The maximum atomic E-state index is 12.2. The normalized spacial score (nSPS) is 13.5. The molecule has 0 radical (unpaired) electrons. The van der Waals surface area contributed by atoms with Gasteiger partial charge in [0.2, 0.25) is 5.91 Å². The van der Waals surface area contributed by atoms with E-state index in [9.17, 15) is 4.79 Å². The lowest BCUT2D eigenvalue weighted by atomic mass is 10.0. The molecule has 4 heteroatoms. The zero-order valence-electron chi connectivity index (χ0n) is 11.9. The van der Waals surface area contributed by atoms with Crippen LogP contribution in [0.5, 0.6) is 0 Å². The molecule has 110 valence electrons. The maximum Gasteiger partial charge on any atom is 0.237 e. The van der Waals surface area contributed by atoms with Gasteiger partial charge in [-0.2, -0.15) is 0 Å². The highest BCUT2D eigenvalue weighted by atomic mass is 79.9. The first-order valence-corrected chi connectivity index (χ1v) is 7.71. The van der Waals surface area contributed by atoms with Crippen molar-refractivity contribution in [2.75, 3.05) is 0 Å². The molecule has 0 bridgehead atoms. The molecule has 3 nitrogen and oxygen atoms in total. The van der Waals surface area contributed by atoms with Gasteiger partial charge in [-0.15, -0.1) is 0 Å². The minimum absolute atomic E-state index is 0.0724. The fourth-order valence-electron chi connectivity index (χ4n) is 2.14. The Hall–Kier alpha value is -1.65. The molecule has 2 aromatic rings. The summed E-state index contributed by atoms with van der Waals surface area (Å²) in [6.45, 7) is 1.95. The van der Waals surface area contributed by atoms with Crippen LogP contribution >= 0.6 is 15.9 Å². The Balaban J connectivity index is 1.94. The van der Waals surface area contributed by atoms with E-state index in [4.69, 9.17) is 5.73 Å². The molecular formula is C17H19BrN2O. The highest BCUT2D eigenvalue weighted by Gasteiger charge is 2.17. The van der Waals surface area contributed by atoms with E-state index in [-0.39, 0.29) is 11.9 Å². The van der Waals surface area contributed by atoms with Crippen molar-refractivity contribution < 1.29 is 4.79 Å². The summed E-state index contributed by atoms with van der Waals surface area (Å²) in [5.74, 6) is -0.133. The highest BCUT2D eigenvalue weighted by Crippen LogP contribution is 2.18. The van der Waals surface area contributed by atoms with Crippen LogP contribution in [-0.2, 0) is 11.2 Å². The van der Waals surface area contributed by atoms with Crippen LogP contribution < -0.4 is 11.1 Å². The minimum atomic E-state index is -0.540. The number of hydrogen-bond donors (Lipinski definition) is 2. The number of carbonyl (C=O) groups is 1. The summed E-state index contributed by atoms with van der Waals surface area (Å²) in [5, 5.41) is 2.96. The standard InChI is InChI=1S/C17H19BrN2O/c1-12(14-8-5-9-15(18)11-14)20-17(21)16(19)10-13-6-3-2-4-7-13/h2-9,11-12,16H,10,19H2,1H3,(H,20,21)/t12-,16?/m0/s1. The van der Waals surface area contributed by atoms with Gasteiger partial charge in [-0.25, -0.2) is 0 Å². The fraction of sp³-hybridized carbons (Fsp3) is 0.235. The first kappa shape index (κ1) is 15.7. The molecule has 0 saturated carbocycles. The van der Waals surface area contributed by atoms with Crippen LogP contribution in [0.2, 0.25) is 0 Å². The van der Waals surface area contributed by atoms with Crippen molar-refractivity contribution in [2.45, 2.75) is 25.4 Å². The molecule has 3 N–H and O–H groups in total. The summed E-state index contributed by atoms with van der Waals surface area (Å²) in [5.41, 5.74) is 8.10. The van der Waals surface area contributed by atoms with Gasteiger partial charge in [0.15, 0.2) is 0 Å². The van der Waals surface area contributed by atoms with E-state index in [1.807, 2.05) is 61.5 Å². The minimum Gasteiger partial charge on any atom is -0.348 e. The van der Waals surface area contributed by atoms with Crippen LogP contribution in [0, 0.1) is 0 Å².